The molecule has 1 aromatic rings. The molecule has 0 N–H and O–H groups in total. The van der Waals surface area contributed by atoms with E-state index in [1.807, 2.05) is 12.4 Å². The van der Waals surface area contributed by atoms with Crippen LogP contribution in [0.2, 0.25) is 0 Å². The summed E-state index contributed by atoms with van der Waals surface area (Å²) in [6.07, 6.45) is 10.4. The second-order valence-corrected chi connectivity index (χ2v) is 5.50. The first kappa shape index (κ1) is 11.7. The Morgan fingerprint density at radius 1 is 1.28 bits per heavy atom. The summed E-state index contributed by atoms with van der Waals surface area (Å²) in [4.78, 5) is 18.3. The molecule has 1 saturated carbocycles. The number of carbonyl (C=O) groups excluding carboxylic acids is 1. The summed E-state index contributed by atoms with van der Waals surface area (Å²) in [5, 5.41) is 0. The fourth-order valence-corrected chi connectivity index (χ4v) is 2.87. The average molecular weight is 244 g/mol. The van der Waals surface area contributed by atoms with Crippen LogP contribution in [0.25, 0.3) is 0 Å². The summed E-state index contributed by atoms with van der Waals surface area (Å²) in [7, 11) is 0. The highest BCUT2D eigenvalue weighted by molar-refractivity contribution is 5.81. The smallest absolute Gasteiger partial charge is 0.225 e. The van der Waals surface area contributed by atoms with Gasteiger partial charge in [0.25, 0.3) is 0 Å². The summed E-state index contributed by atoms with van der Waals surface area (Å²) < 4.78 is 0. The van der Waals surface area contributed by atoms with Gasteiger partial charge in [0.2, 0.25) is 5.91 Å². The topological polar surface area (TPSA) is 33.2 Å². The number of hydrogen-bond donors (Lipinski definition) is 0. The van der Waals surface area contributed by atoms with E-state index in [9.17, 15) is 4.79 Å². The molecule has 2 fully saturated rings. The van der Waals surface area contributed by atoms with Crippen molar-refractivity contribution in [3.63, 3.8) is 0 Å². The second kappa shape index (κ2) is 5.09. The summed E-state index contributed by atoms with van der Waals surface area (Å²) >= 11 is 0. The van der Waals surface area contributed by atoms with Crippen LogP contribution in [0.15, 0.2) is 24.5 Å². The van der Waals surface area contributed by atoms with Crippen LogP contribution in [0.5, 0.6) is 0 Å². The Labute approximate surface area is 108 Å². The number of hydrogen-bond acceptors (Lipinski definition) is 2. The molecule has 2 aliphatic rings. The third-order valence-corrected chi connectivity index (χ3v) is 4.10. The third kappa shape index (κ3) is 2.55. The standard InChI is InChI=1S/C15H20N2O/c18-15(13-4-5-13)17-11-1-2-14(17)6-3-12-7-9-16-10-8-12/h7-10,13-14H,1-6,11H2. The molecule has 3 rings (SSSR count). The van der Waals surface area contributed by atoms with Crippen LogP contribution in [0, 0.1) is 5.92 Å². The van der Waals surface area contributed by atoms with E-state index in [1.165, 1.54) is 18.4 Å². The molecule has 3 nitrogen and oxygen atoms in total. The quantitative estimate of drug-likeness (QED) is 0.815. The van der Waals surface area contributed by atoms with E-state index in [1.54, 1.807) is 0 Å². The van der Waals surface area contributed by atoms with Crippen LogP contribution in [0.1, 0.15) is 37.7 Å². The molecule has 0 spiro atoms. The third-order valence-electron chi connectivity index (χ3n) is 4.10. The van der Waals surface area contributed by atoms with Crippen LogP contribution in [0.4, 0.5) is 0 Å². The number of aryl methyl sites for hydroxylation is 1. The van der Waals surface area contributed by atoms with E-state index >= 15 is 0 Å². The van der Waals surface area contributed by atoms with Gasteiger partial charge in [0.15, 0.2) is 0 Å². The number of likely N-dealkylation sites (tertiary alicyclic amines) is 1. The lowest BCUT2D eigenvalue weighted by Crippen LogP contribution is -2.36. The van der Waals surface area contributed by atoms with Crippen LogP contribution in [-0.4, -0.2) is 28.4 Å². The van der Waals surface area contributed by atoms with Gasteiger partial charge in [-0.15, -0.1) is 0 Å². The van der Waals surface area contributed by atoms with Crippen molar-refractivity contribution in [2.45, 2.75) is 44.6 Å². The number of nitrogens with zero attached hydrogens (tertiary/aromatic N) is 2. The molecule has 1 saturated heterocycles. The Bertz CT molecular complexity index is 414. The van der Waals surface area contributed by atoms with E-state index < -0.39 is 0 Å². The SMILES string of the molecule is O=C(C1CC1)N1CCCC1CCc1ccncc1. The number of rotatable bonds is 4. The van der Waals surface area contributed by atoms with Crippen LogP contribution < -0.4 is 0 Å². The van der Waals surface area contributed by atoms with Gasteiger partial charge in [-0.25, -0.2) is 0 Å². The van der Waals surface area contributed by atoms with Crippen molar-refractivity contribution in [3.05, 3.63) is 30.1 Å². The van der Waals surface area contributed by atoms with E-state index in [4.69, 9.17) is 0 Å². The zero-order valence-corrected chi connectivity index (χ0v) is 10.7. The van der Waals surface area contributed by atoms with Gasteiger partial charge in [-0.3, -0.25) is 9.78 Å². The van der Waals surface area contributed by atoms with Gasteiger partial charge in [0.1, 0.15) is 0 Å². The highest BCUT2D eigenvalue weighted by Gasteiger charge is 2.37. The maximum Gasteiger partial charge on any atom is 0.225 e. The summed E-state index contributed by atoms with van der Waals surface area (Å²) in [6.45, 7) is 0.982. The molecular weight excluding hydrogens is 224 g/mol. The molecule has 1 unspecified atom stereocenters. The highest BCUT2D eigenvalue weighted by atomic mass is 16.2. The van der Waals surface area contributed by atoms with Gasteiger partial charge in [-0.05, 0) is 56.2 Å². The largest absolute Gasteiger partial charge is 0.339 e. The first-order valence-electron chi connectivity index (χ1n) is 7.04. The van der Waals surface area contributed by atoms with Crippen molar-refractivity contribution < 1.29 is 4.79 Å². The highest BCUT2D eigenvalue weighted by Crippen LogP contribution is 2.34. The molecule has 96 valence electrons. The Morgan fingerprint density at radius 2 is 2.06 bits per heavy atom. The van der Waals surface area contributed by atoms with Gasteiger partial charge in [0, 0.05) is 30.9 Å². The number of aromatic nitrogens is 1. The van der Waals surface area contributed by atoms with E-state index in [2.05, 4.69) is 22.0 Å². The molecule has 3 heteroatoms. The number of amides is 1. The number of pyridine rings is 1. The minimum absolute atomic E-state index is 0.367. The molecule has 1 aliphatic heterocycles. The fourth-order valence-electron chi connectivity index (χ4n) is 2.87. The molecule has 18 heavy (non-hydrogen) atoms. The molecular formula is C15H20N2O. The van der Waals surface area contributed by atoms with Gasteiger partial charge in [0.05, 0.1) is 0 Å². The maximum atomic E-state index is 12.1. The normalized spacial score (nSPS) is 23.3. The maximum absolute atomic E-state index is 12.1. The van der Waals surface area contributed by atoms with E-state index in [0.29, 0.717) is 17.9 Å². The predicted molar refractivity (Wildman–Crippen MR) is 70.0 cm³/mol. The van der Waals surface area contributed by atoms with Gasteiger partial charge < -0.3 is 4.90 Å². The zero-order valence-electron chi connectivity index (χ0n) is 10.7. The predicted octanol–water partition coefficient (Wildman–Crippen LogP) is 2.42. The molecule has 0 aromatic carbocycles. The average Bonchev–Trinajstić information content (AvgIpc) is 3.15. The first-order valence-corrected chi connectivity index (χ1v) is 7.04. The molecule has 0 bridgehead atoms. The lowest BCUT2D eigenvalue weighted by atomic mass is 10.0. The Balaban J connectivity index is 1.56. The minimum atomic E-state index is 0.367. The lowest BCUT2D eigenvalue weighted by Gasteiger charge is -2.24. The van der Waals surface area contributed by atoms with Crippen molar-refractivity contribution in [2.75, 3.05) is 6.54 Å². The number of carbonyl (C=O) groups is 1. The Hall–Kier alpha value is -1.38. The monoisotopic (exact) mass is 244 g/mol. The van der Waals surface area contributed by atoms with Crippen molar-refractivity contribution in [3.8, 4) is 0 Å². The molecule has 1 aromatic heterocycles. The van der Waals surface area contributed by atoms with Crippen LogP contribution >= 0.6 is 0 Å². The van der Waals surface area contributed by atoms with Gasteiger partial charge in [-0.1, -0.05) is 0 Å². The Morgan fingerprint density at radius 3 is 2.78 bits per heavy atom. The molecule has 1 aliphatic carbocycles. The summed E-state index contributed by atoms with van der Waals surface area (Å²) in [5.74, 6) is 0.791. The van der Waals surface area contributed by atoms with Crippen LogP contribution in [0.3, 0.4) is 0 Å². The molecule has 0 radical (unpaired) electrons. The molecule has 1 atom stereocenters. The van der Waals surface area contributed by atoms with Crippen molar-refractivity contribution in [1.82, 2.24) is 9.88 Å². The first-order chi connectivity index (χ1) is 8.84. The Kier molecular flexibility index (Phi) is 3.31. The van der Waals surface area contributed by atoms with Crippen LogP contribution in [-0.2, 0) is 11.2 Å². The fraction of sp³-hybridized carbons (Fsp3) is 0.600. The summed E-state index contributed by atoms with van der Waals surface area (Å²) in [6, 6.07) is 4.62. The van der Waals surface area contributed by atoms with Gasteiger partial charge >= 0.3 is 0 Å². The molecule has 1 amide bonds. The summed E-state index contributed by atoms with van der Waals surface area (Å²) in [5.41, 5.74) is 1.33. The van der Waals surface area contributed by atoms with E-state index in [-0.39, 0.29) is 0 Å². The van der Waals surface area contributed by atoms with E-state index in [0.717, 1.165) is 32.2 Å². The van der Waals surface area contributed by atoms with Crippen molar-refractivity contribution in [1.29, 1.82) is 0 Å². The second-order valence-electron chi connectivity index (χ2n) is 5.50. The van der Waals surface area contributed by atoms with Gasteiger partial charge in [-0.2, -0.15) is 0 Å². The van der Waals surface area contributed by atoms with Crippen molar-refractivity contribution >= 4 is 5.91 Å². The molecule has 2 heterocycles. The lowest BCUT2D eigenvalue weighted by molar-refractivity contribution is -0.133. The zero-order chi connectivity index (χ0) is 12.4. The minimum Gasteiger partial charge on any atom is -0.339 e. The van der Waals surface area contributed by atoms with Crippen molar-refractivity contribution in [2.24, 2.45) is 5.92 Å².